The van der Waals surface area contributed by atoms with Crippen molar-refractivity contribution in [1.29, 1.82) is 0 Å². The van der Waals surface area contributed by atoms with Crippen molar-refractivity contribution < 1.29 is 52.7 Å². The number of aliphatic hydroxyl groups excluding tert-OH is 1. The van der Waals surface area contributed by atoms with E-state index in [1.165, 1.54) is 12.1 Å². The average Bonchev–Trinajstić information content (AvgIpc) is 3.84. The Balaban J connectivity index is 1.39. The number of hydrogen-bond acceptors (Lipinski definition) is 16. The predicted octanol–water partition coefficient (Wildman–Crippen LogP) is 5.46. The van der Waals surface area contributed by atoms with E-state index in [4.69, 9.17) is 28.4 Å². The fraction of sp³-hybridized carbons (Fsp3) is 0.660. The molecule has 3 saturated heterocycles. The Kier molecular flexibility index (Phi) is 16.9. The van der Waals surface area contributed by atoms with Crippen molar-refractivity contribution in [2.45, 2.75) is 161 Å². The molecule has 6 heterocycles. The average molecular weight is 948 g/mol. The molecule has 0 spiro atoms. The molecular weight excluding hydrogens is 875 g/mol. The molecule has 3 aliphatic rings. The topological polar surface area (TPSA) is 206 Å². The fourth-order valence-electron chi connectivity index (χ4n) is 10.9. The van der Waals surface area contributed by atoms with Gasteiger partial charge in [0.25, 0.3) is 0 Å². The minimum atomic E-state index is -1.65. The minimum absolute atomic E-state index is 0.0783. The largest absolute Gasteiger partial charge is 0.461 e. The van der Waals surface area contributed by atoms with Crippen LogP contribution in [0, 0.1) is 23.7 Å². The van der Waals surface area contributed by atoms with Crippen LogP contribution in [0.5, 0.6) is 0 Å². The van der Waals surface area contributed by atoms with Crippen molar-refractivity contribution in [3.05, 3.63) is 67.4 Å². The summed E-state index contributed by atoms with van der Waals surface area (Å²) in [7, 11) is 3.41. The number of fused-ring (bicyclic) bond motifs is 2. The van der Waals surface area contributed by atoms with Crippen molar-refractivity contribution in [3.8, 4) is 0 Å². The molecule has 0 aromatic carbocycles. The molecule has 18 nitrogen and oxygen atoms in total. The van der Waals surface area contributed by atoms with Crippen LogP contribution in [0.25, 0.3) is 11.2 Å². The quantitative estimate of drug-likeness (QED) is 0.0840. The van der Waals surface area contributed by atoms with Crippen LogP contribution >= 0.6 is 0 Å². The number of carbonyl (C=O) groups excluding carboxylic acids is 4. The Morgan fingerprint density at radius 2 is 1.81 bits per heavy atom. The zero-order valence-electron chi connectivity index (χ0n) is 41.6. The lowest BCUT2D eigenvalue weighted by molar-refractivity contribution is -0.358. The SMILES string of the molecule is C=CCN(C)[C@H]1C[C@@H](C)O[C@@](C)(O[C@@H]2[C@@H](C)C(OC(=O)Cc3cccnc3)[C@@H](C)C(=O)O[C@H](CC)[C@@]3(C)OC(=O)N(NCCCn4cnc5ncccc54)[C@@H]3[C@@H](C)C(=O)[C@H](C)C[C@@]2(C)OC)[C@@H]1O. The molecule has 0 saturated carbocycles. The number of Topliss-reactive ketones (excluding diaryl/α,β-unsaturated/α-hetero) is 1. The van der Waals surface area contributed by atoms with Gasteiger partial charge in [0.05, 0.1) is 42.0 Å². The van der Waals surface area contributed by atoms with E-state index in [0.717, 1.165) is 5.52 Å². The normalized spacial score (nSPS) is 35.1. The van der Waals surface area contributed by atoms with Gasteiger partial charge in [-0.25, -0.2) is 25.2 Å². The molecule has 3 fully saturated rings. The monoisotopic (exact) mass is 948 g/mol. The number of nitrogens with zero attached hydrogens (tertiary/aromatic N) is 6. The van der Waals surface area contributed by atoms with Gasteiger partial charge in [0, 0.05) is 69.1 Å². The van der Waals surface area contributed by atoms with Crippen LogP contribution in [-0.2, 0) is 55.8 Å². The molecule has 3 aliphatic heterocycles. The first-order chi connectivity index (χ1) is 32.2. The molecule has 6 rings (SSSR count). The number of ketones is 1. The van der Waals surface area contributed by atoms with Crippen LogP contribution in [0.4, 0.5) is 4.79 Å². The summed E-state index contributed by atoms with van der Waals surface area (Å²) >= 11 is 0. The van der Waals surface area contributed by atoms with Crippen molar-refractivity contribution >= 4 is 35.0 Å². The third-order valence-electron chi connectivity index (χ3n) is 14.5. The van der Waals surface area contributed by atoms with Gasteiger partial charge in [-0.2, -0.15) is 0 Å². The minimum Gasteiger partial charge on any atom is -0.461 e. The molecule has 68 heavy (non-hydrogen) atoms. The zero-order chi connectivity index (χ0) is 49.7. The van der Waals surface area contributed by atoms with E-state index < -0.39 is 95.2 Å². The van der Waals surface area contributed by atoms with Gasteiger partial charge >= 0.3 is 18.0 Å². The number of nitrogens with one attached hydrogen (secondary N) is 1. The summed E-state index contributed by atoms with van der Waals surface area (Å²) in [5, 5.41) is 13.5. The molecule has 18 heteroatoms. The Morgan fingerprint density at radius 1 is 1.07 bits per heavy atom. The molecule has 0 aliphatic carbocycles. The molecule has 0 radical (unpaired) electrons. The lowest BCUT2D eigenvalue weighted by Gasteiger charge is -2.52. The molecule has 2 N–H and O–H groups in total. The van der Waals surface area contributed by atoms with Gasteiger partial charge in [-0.3, -0.25) is 24.3 Å². The number of rotatable bonds is 15. The third kappa shape index (κ3) is 10.9. The second-order valence-corrected chi connectivity index (χ2v) is 19.7. The highest BCUT2D eigenvalue weighted by Crippen LogP contribution is 2.45. The van der Waals surface area contributed by atoms with E-state index in [2.05, 4.69) is 27.0 Å². The van der Waals surface area contributed by atoms with E-state index in [1.54, 1.807) is 77.7 Å². The summed E-state index contributed by atoms with van der Waals surface area (Å²) < 4.78 is 41.1. The van der Waals surface area contributed by atoms with Gasteiger partial charge in [0.1, 0.15) is 30.1 Å². The van der Waals surface area contributed by atoms with Gasteiger partial charge in [0.15, 0.2) is 17.0 Å². The predicted molar refractivity (Wildman–Crippen MR) is 251 cm³/mol. The van der Waals surface area contributed by atoms with Gasteiger partial charge in [-0.15, -0.1) is 6.58 Å². The molecule has 3 aromatic rings. The van der Waals surface area contributed by atoms with E-state index in [9.17, 15) is 19.5 Å². The first-order valence-electron chi connectivity index (χ1n) is 24.0. The van der Waals surface area contributed by atoms with Crippen LogP contribution in [0.3, 0.4) is 0 Å². The maximum Gasteiger partial charge on any atom is 0.425 e. The summed E-state index contributed by atoms with van der Waals surface area (Å²) in [5.41, 5.74) is 2.51. The molecule has 1 unspecified atom stereocenters. The highest BCUT2D eigenvalue weighted by molar-refractivity contribution is 5.85. The Hall–Kier alpha value is -4.85. The summed E-state index contributed by atoms with van der Waals surface area (Å²) in [5.74, 6) is -6.77. The lowest BCUT2D eigenvalue weighted by atomic mass is 9.73. The summed E-state index contributed by atoms with van der Waals surface area (Å²) in [6.07, 6.45) is 3.96. The van der Waals surface area contributed by atoms with Gasteiger partial charge in [-0.1, -0.05) is 39.8 Å². The smallest absolute Gasteiger partial charge is 0.425 e. The lowest BCUT2D eigenvalue weighted by Crippen LogP contribution is -2.65. The number of hydrazine groups is 1. The fourth-order valence-corrected chi connectivity index (χ4v) is 10.9. The highest BCUT2D eigenvalue weighted by atomic mass is 16.7. The van der Waals surface area contributed by atoms with E-state index >= 15 is 4.79 Å². The number of aryl methyl sites for hydroxylation is 1. The molecular formula is C50H73N7O11. The van der Waals surface area contributed by atoms with E-state index in [-0.39, 0.29) is 31.1 Å². The zero-order valence-corrected chi connectivity index (χ0v) is 41.6. The number of esters is 2. The standard InChI is InChI=1S/C50H73N7O11/c1-13-23-55(11)37-25-31(4)66-50(10,43(37)60)67-44-33(6)41(65-39(58)26-35-18-15-20-51-28-35)34(7)46(61)64-38(14-2)49(9)42(32(5)40(59)30(3)27-48(44,8)63-12)57(47(62)68-49)54-22-17-24-56-29-53-45-36(56)19-16-21-52-45/h13,15-16,18-21,28-34,37-38,41-44,54,60H,1,14,17,22-27H2,2-12H3/t30-,31-,32+,33+,34-,37+,38-,41?,42-,43-,44-,48-,49-,50+/m1/s1. The summed E-state index contributed by atoms with van der Waals surface area (Å²) in [6.45, 7) is 21.2. The number of imidazole rings is 1. The first-order valence-corrected chi connectivity index (χ1v) is 24.0. The molecule has 1 amide bonds. The number of aliphatic hydroxyl groups is 1. The number of pyridine rings is 2. The highest BCUT2D eigenvalue weighted by Gasteiger charge is 2.61. The number of cyclic esters (lactones) is 1. The van der Waals surface area contributed by atoms with Gasteiger partial charge in [-0.05, 0) is 91.1 Å². The number of aromatic nitrogens is 4. The van der Waals surface area contributed by atoms with Crippen LogP contribution in [-0.4, -0.2) is 145 Å². The van der Waals surface area contributed by atoms with Gasteiger partial charge < -0.3 is 38.1 Å². The molecule has 3 aromatic heterocycles. The van der Waals surface area contributed by atoms with Crippen molar-refractivity contribution in [2.24, 2.45) is 23.7 Å². The van der Waals surface area contributed by atoms with Crippen molar-refractivity contribution in [1.82, 2.24) is 34.9 Å². The Bertz CT molecular complexity index is 2230. The van der Waals surface area contributed by atoms with Crippen LogP contribution in [0.2, 0.25) is 0 Å². The maximum atomic E-state index is 15.1. The molecule has 14 atom stereocenters. The third-order valence-corrected chi connectivity index (χ3v) is 14.5. The van der Waals surface area contributed by atoms with Crippen LogP contribution in [0.15, 0.2) is 61.8 Å². The summed E-state index contributed by atoms with van der Waals surface area (Å²) in [4.78, 5) is 72.8. The number of methoxy groups -OCH3 is 1. The maximum absolute atomic E-state index is 15.1. The van der Waals surface area contributed by atoms with Crippen molar-refractivity contribution in [3.63, 3.8) is 0 Å². The van der Waals surface area contributed by atoms with E-state index in [0.29, 0.717) is 43.7 Å². The Labute approximate surface area is 400 Å². The first kappa shape index (κ1) is 52.5. The number of likely N-dealkylation sites (N-methyl/N-ethyl adjacent to an activating group) is 1. The molecule has 0 bridgehead atoms. The Morgan fingerprint density at radius 3 is 2.49 bits per heavy atom. The number of amides is 1. The van der Waals surface area contributed by atoms with Crippen molar-refractivity contribution in [2.75, 3.05) is 27.2 Å². The second-order valence-electron chi connectivity index (χ2n) is 19.7. The number of ether oxygens (including phenoxy) is 6. The van der Waals surface area contributed by atoms with Crippen LogP contribution in [0.1, 0.15) is 93.6 Å². The number of carbonyl (C=O) groups is 4. The van der Waals surface area contributed by atoms with Gasteiger partial charge in [0.2, 0.25) is 0 Å². The number of hydrogen-bond donors (Lipinski definition) is 2. The van der Waals surface area contributed by atoms with E-state index in [1.807, 2.05) is 56.3 Å². The summed E-state index contributed by atoms with van der Waals surface area (Å²) in [6, 6.07) is 5.91. The molecule has 374 valence electrons. The van der Waals surface area contributed by atoms with Crippen LogP contribution < -0.4 is 5.43 Å². The second kappa shape index (κ2) is 21.8.